The number of amides is 2. The summed E-state index contributed by atoms with van der Waals surface area (Å²) in [6.07, 6.45) is -3.82. The quantitative estimate of drug-likeness (QED) is 0.645. The van der Waals surface area contributed by atoms with Crippen molar-refractivity contribution in [1.29, 1.82) is 0 Å². The molecule has 30 heavy (non-hydrogen) atoms. The van der Waals surface area contributed by atoms with Crippen molar-refractivity contribution in [2.45, 2.75) is 19.0 Å². The van der Waals surface area contributed by atoms with Gasteiger partial charge in [-0.15, -0.1) is 0 Å². The highest BCUT2D eigenvalue weighted by Crippen LogP contribution is 2.35. The summed E-state index contributed by atoms with van der Waals surface area (Å²) in [6, 6.07) is 8.16. The Hall–Kier alpha value is -3.14. The zero-order chi connectivity index (χ0) is 21.5. The number of fused-ring (bicyclic) bond motifs is 1. The lowest BCUT2D eigenvalue weighted by atomic mass is 10.1. The Morgan fingerprint density at radius 2 is 2.03 bits per heavy atom. The number of methoxy groups -OCH3 is 1. The largest absolute Gasteiger partial charge is 0.497 e. The van der Waals surface area contributed by atoms with Gasteiger partial charge in [0, 0.05) is 24.2 Å². The maximum absolute atomic E-state index is 13.4. The first-order valence-electron chi connectivity index (χ1n) is 9.03. The number of hydrogen-bond donors (Lipinski definition) is 1. The fourth-order valence-electron chi connectivity index (χ4n) is 3.24. The summed E-state index contributed by atoms with van der Waals surface area (Å²) < 4.78 is 46.0. The molecule has 0 spiro atoms. The molecule has 0 radical (unpaired) electrons. The molecule has 1 N–H and O–H groups in total. The highest BCUT2D eigenvalue weighted by molar-refractivity contribution is 7.22. The molecular weight excluding hydrogens is 419 g/mol. The van der Waals surface area contributed by atoms with Crippen LogP contribution in [-0.4, -0.2) is 30.5 Å². The summed E-state index contributed by atoms with van der Waals surface area (Å²) >= 11 is 1.18. The van der Waals surface area contributed by atoms with E-state index in [9.17, 15) is 22.8 Å². The van der Waals surface area contributed by atoms with Crippen LogP contribution < -0.4 is 15.0 Å². The van der Waals surface area contributed by atoms with Crippen LogP contribution in [0.4, 0.5) is 24.0 Å². The second-order valence-corrected chi connectivity index (χ2v) is 7.75. The third kappa shape index (κ3) is 3.95. The number of nitrogens with one attached hydrogen (secondary N) is 1. The molecule has 4 rings (SSSR count). The Morgan fingerprint density at radius 1 is 1.23 bits per heavy atom. The first kappa shape index (κ1) is 20.1. The second-order valence-electron chi connectivity index (χ2n) is 6.72. The molecular formula is C20H16F3N3O3S. The Morgan fingerprint density at radius 3 is 2.70 bits per heavy atom. The van der Waals surface area contributed by atoms with Gasteiger partial charge in [-0.25, -0.2) is 4.98 Å². The molecule has 0 bridgehead atoms. The van der Waals surface area contributed by atoms with Gasteiger partial charge >= 0.3 is 6.18 Å². The van der Waals surface area contributed by atoms with E-state index in [-0.39, 0.29) is 28.7 Å². The molecule has 3 aromatic rings. The summed E-state index contributed by atoms with van der Waals surface area (Å²) in [4.78, 5) is 30.2. The number of carbonyl (C=O) groups is 2. The molecule has 1 aliphatic heterocycles. The number of rotatable bonds is 4. The van der Waals surface area contributed by atoms with Gasteiger partial charge in [0.1, 0.15) is 5.75 Å². The van der Waals surface area contributed by atoms with Crippen molar-refractivity contribution in [2.24, 2.45) is 0 Å². The minimum absolute atomic E-state index is 0.0616. The maximum Gasteiger partial charge on any atom is 0.416 e. The van der Waals surface area contributed by atoms with E-state index in [1.807, 2.05) is 0 Å². The van der Waals surface area contributed by atoms with Crippen LogP contribution in [0, 0.1) is 0 Å². The number of alkyl halides is 3. The van der Waals surface area contributed by atoms with Gasteiger partial charge in [-0.3, -0.25) is 14.9 Å². The Balaban J connectivity index is 1.66. The van der Waals surface area contributed by atoms with Crippen molar-refractivity contribution in [2.75, 3.05) is 23.9 Å². The van der Waals surface area contributed by atoms with Crippen molar-refractivity contribution in [3.63, 3.8) is 0 Å². The number of anilines is 2. The van der Waals surface area contributed by atoms with Crippen molar-refractivity contribution in [3.05, 3.63) is 47.5 Å². The zero-order valence-electron chi connectivity index (χ0n) is 15.7. The number of nitrogens with zero attached hydrogens (tertiary/aromatic N) is 2. The fourth-order valence-corrected chi connectivity index (χ4v) is 4.13. The molecule has 2 heterocycles. The van der Waals surface area contributed by atoms with Gasteiger partial charge in [0.15, 0.2) is 5.13 Å². The number of hydrogen-bond acceptors (Lipinski definition) is 5. The number of aromatic nitrogens is 1. The summed E-state index contributed by atoms with van der Waals surface area (Å²) in [5.41, 5.74) is -0.495. The van der Waals surface area contributed by atoms with Crippen LogP contribution in [0.2, 0.25) is 0 Å². The Labute approximate surface area is 173 Å². The van der Waals surface area contributed by atoms with E-state index in [1.54, 1.807) is 18.2 Å². The van der Waals surface area contributed by atoms with E-state index in [4.69, 9.17) is 4.74 Å². The molecule has 2 aromatic carbocycles. The predicted molar refractivity (Wildman–Crippen MR) is 107 cm³/mol. The van der Waals surface area contributed by atoms with Crippen LogP contribution in [0.5, 0.6) is 5.75 Å². The van der Waals surface area contributed by atoms with Crippen LogP contribution in [-0.2, 0) is 11.0 Å². The van der Waals surface area contributed by atoms with Gasteiger partial charge in [-0.2, -0.15) is 13.2 Å². The minimum Gasteiger partial charge on any atom is -0.497 e. The summed E-state index contributed by atoms with van der Waals surface area (Å²) in [6.45, 7) is 0.320. The molecule has 156 valence electrons. The monoisotopic (exact) mass is 435 g/mol. The van der Waals surface area contributed by atoms with E-state index in [0.29, 0.717) is 24.2 Å². The number of ether oxygens (including phenoxy) is 1. The second kappa shape index (κ2) is 7.60. The van der Waals surface area contributed by atoms with Gasteiger partial charge in [0.25, 0.3) is 5.91 Å². The van der Waals surface area contributed by atoms with Crippen molar-refractivity contribution >= 4 is 44.2 Å². The summed E-state index contributed by atoms with van der Waals surface area (Å²) in [7, 11) is 1.53. The average Bonchev–Trinajstić information content (AvgIpc) is 3.31. The summed E-state index contributed by atoms with van der Waals surface area (Å²) in [5, 5.41) is 2.80. The van der Waals surface area contributed by atoms with Gasteiger partial charge in [0.2, 0.25) is 5.91 Å². The molecule has 1 aliphatic rings. The molecule has 10 heteroatoms. The van der Waals surface area contributed by atoms with Crippen LogP contribution in [0.25, 0.3) is 10.2 Å². The number of halogens is 3. The third-order valence-electron chi connectivity index (χ3n) is 4.71. The van der Waals surface area contributed by atoms with E-state index in [2.05, 4.69) is 10.3 Å². The van der Waals surface area contributed by atoms with E-state index < -0.39 is 17.6 Å². The van der Waals surface area contributed by atoms with Crippen molar-refractivity contribution in [1.82, 2.24) is 4.98 Å². The normalized spacial score (nSPS) is 14.4. The van der Waals surface area contributed by atoms with Gasteiger partial charge in [-0.1, -0.05) is 11.3 Å². The lowest BCUT2D eigenvalue weighted by molar-refractivity contribution is -0.137. The summed E-state index contributed by atoms with van der Waals surface area (Å²) in [5.74, 6) is -0.373. The molecule has 1 aromatic heterocycles. The van der Waals surface area contributed by atoms with Crippen LogP contribution >= 0.6 is 11.3 Å². The number of benzene rings is 2. The van der Waals surface area contributed by atoms with Crippen molar-refractivity contribution in [3.8, 4) is 5.75 Å². The smallest absolute Gasteiger partial charge is 0.416 e. The Kier molecular flexibility index (Phi) is 5.10. The van der Waals surface area contributed by atoms with Crippen LogP contribution in [0.1, 0.15) is 28.8 Å². The molecule has 2 amide bonds. The standard InChI is InChI=1S/C20H16F3N3O3S/c1-29-14-4-5-15-16(10-14)30-19(24-15)25-18(28)11-7-12(20(21,22)23)9-13(8-11)26-6-2-3-17(26)27/h4-5,7-10H,2-3,6H2,1H3,(H,24,25,28). The first-order chi connectivity index (χ1) is 14.2. The van der Waals surface area contributed by atoms with Gasteiger partial charge in [0.05, 0.1) is 22.9 Å². The van der Waals surface area contributed by atoms with E-state index >= 15 is 0 Å². The maximum atomic E-state index is 13.4. The molecule has 0 saturated carbocycles. The zero-order valence-corrected chi connectivity index (χ0v) is 16.6. The van der Waals surface area contributed by atoms with Gasteiger partial charge in [-0.05, 0) is 42.8 Å². The molecule has 0 atom stereocenters. The fraction of sp³-hybridized carbons (Fsp3) is 0.250. The number of thiazole rings is 1. The van der Waals surface area contributed by atoms with Crippen LogP contribution in [0.15, 0.2) is 36.4 Å². The predicted octanol–water partition coefficient (Wildman–Crippen LogP) is 4.70. The highest BCUT2D eigenvalue weighted by Gasteiger charge is 2.33. The minimum atomic E-state index is -4.65. The molecule has 6 nitrogen and oxygen atoms in total. The lowest BCUT2D eigenvalue weighted by Gasteiger charge is -2.19. The van der Waals surface area contributed by atoms with Gasteiger partial charge < -0.3 is 9.64 Å². The SMILES string of the molecule is COc1ccc2nc(NC(=O)c3cc(N4CCCC4=O)cc(C(F)(F)F)c3)sc2c1. The average molecular weight is 435 g/mol. The third-order valence-corrected chi connectivity index (χ3v) is 5.64. The topological polar surface area (TPSA) is 71.5 Å². The number of carbonyl (C=O) groups excluding carboxylic acids is 2. The molecule has 0 aliphatic carbocycles. The van der Waals surface area contributed by atoms with Crippen molar-refractivity contribution < 1.29 is 27.5 Å². The molecule has 0 unspecified atom stereocenters. The molecule has 1 saturated heterocycles. The Bertz CT molecular complexity index is 1140. The van der Waals surface area contributed by atoms with Crippen LogP contribution in [0.3, 0.4) is 0 Å². The molecule has 1 fully saturated rings. The van der Waals surface area contributed by atoms with E-state index in [0.717, 1.165) is 16.8 Å². The van der Waals surface area contributed by atoms with E-state index in [1.165, 1.54) is 29.4 Å². The lowest BCUT2D eigenvalue weighted by Crippen LogP contribution is -2.25. The highest BCUT2D eigenvalue weighted by atomic mass is 32.1. The first-order valence-corrected chi connectivity index (χ1v) is 9.85.